The van der Waals surface area contributed by atoms with Crippen LogP contribution in [0.5, 0.6) is 0 Å². The van der Waals surface area contributed by atoms with Crippen LogP contribution in [-0.4, -0.2) is 46.4 Å². The van der Waals surface area contributed by atoms with Gasteiger partial charge in [-0.25, -0.2) is 9.59 Å². The van der Waals surface area contributed by atoms with Crippen LogP contribution in [0.15, 0.2) is 11.5 Å². The molecule has 2 heterocycles. The van der Waals surface area contributed by atoms with Gasteiger partial charge >= 0.3 is 12.2 Å². The van der Waals surface area contributed by atoms with Crippen LogP contribution in [0.3, 0.4) is 0 Å². The van der Waals surface area contributed by atoms with E-state index in [1.165, 1.54) is 16.2 Å². The number of aromatic nitrogens is 1. The predicted octanol–water partition coefficient (Wildman–Crippen LogP) is 2.04. The van der Waals surface area contributed by atoms with E-state index in [0.717, 1.165) is 11.3 Å². The van der Waals surface area contributed by atoms with Crippen molar-refractivity contribution in [1.29, 1.82) is 0 Å². The lowest BCUT2D eigenvalue weighted by Gasteiger charge is -2.32. The van der Waals surface area contributed by atoms with E-state index in [1.807, 2.05) is 11.5 Å². The fourth-order valence-electron chi connectivity index (χ4n) is 2.02. The Bertz CT molecular complexity index is 607. The van der Waals surface area contributed by atoms with E-state index in [2.05, 4.69) is 4.98 Å². The number of carbonyl (C=O) groups excluding carboxylic acids is 1. The third-order valence-electron chi connectivity index (χ3n) is 2.96. The molecule has 0 saturated carbocycles. The summed E-state index contributed by atoms with van der Waals surface area (Å²) in [5, 5.41) is 11.0. The van der Waals surface area contributed by atoms with Crippen molar-refractivity contribution in [3.05, 3.63) is 21.1 Å². The monoisotopic (exact) mass is 315 g/mol. The molecule has 0 aromatic carbocycles. The number of ether oxygens (including phenoxy) is 1. The van der Waals surface area contributed by atoms with E-state index in [1.54, 1.807) is 0 Å². The molecule has 0 saturated heterocycles. The molecule has 9 heteroatoms. The molecule has 0 spiro atoms. The topological polar surface area (TPSA) is 109 Å². The molecular weight excluding hydrogens is 302 g/mol. The number of thiazole rings is 1. The zero-order valence-electron chi connectivity index (χ0n) is 10.4. The Balaban J connectivity index is 2.16. The number of primary amides is 1. The Morgan fingerprint density at radius 3 is 2.95 bits per heavy atom. The van der Waals surface area contributed by atoms with E-state index in [4.69, 9.17) is 27.8 Å². The summed E-state index contributed by atoms with van der Waals surface area (Å²) < 4.78 is 5.39. The minimum atomic E-state index is -1.06. The van der Waals surface area contributed by atoms with Crippen molar-refractivity contribution in [3.8, 4) is 0 Å². The molecule has 0 radical (unpaired) electrons. The van der Waals surface area contributed by atoms with Crippen molar-refractivity contribution in [1.82, 2.24) is 9.88 Å². The lowest BCUT2D eigenvalue weighted by atomic mass is 9.99. The Hall–Kier alpha value is -1.87. The highest BCUT2D eigenvalue weighted by Crippen LogP contribution is 2.27. The fourth-order valence-corrected chi connectivity index (χ4v) is 2.88. The van der Waals surface area contributed by atoms with Crippen LogP contribution >= 0.6 is 23.6 Å². The average Bonchev–Trinajstić information content (AvgIpc) is 2.82. The summed E-state index contributed by atoms with van der Waals surface area (Å²) in [6, 6.07) is -0.457. The first kappa shape index (κ1) is 14.5. The summed E-state index contributed by atoms with van der Waals surface area (Å²) in [6.45, 7) is 0.164. The van der Waals surface area contributed by atoms with Gasteiger partial charge in [0.2, 0.25) is 0 Å². The van der Waals surface area contributed by atoms with Crippen LogP contribution in [0.4, 0.5) is 9.59 Å². The van der Waals surface area contributed by atoms with Gasteiger partial charge in [-0.1, -0.05) is 6.08 Å². The number of nitrogens with two attached hydrogens (primary N) is 1. The van der Waals surface area contributed by atoms with Crippen molar-refractivity contribution in [2.75, 3.05) is 13.2 Å². The molecule has 0 bridgehead atoms. The second-order valence-electron chi connectivity index (χ2n) is 4.21. The van der Waals surface area contributed by atoms with Crippen molar-refractivity contribution in [2.24, 2.45) is 5.73 Å². The summed E-state index contributed by atoms with van der Waals surface area (Å²) in [6.07, 6.45) is 0.280. The standard InChI is InChI=1S/C11H13N3O4S2/c12-9(15)18-4-7-3-6(1-2-14(7)11(16)17)8-5-20-10(19)13-8/h1,5,7H,2-4H2,(H2,12,15)(H,13,19)(H,16,17)/t7-/m0/s1. The van der Waals surface area contributed by atoms with Gasteiger partial charge in [0.15, 0.2) is 3.95 Å². The number of amides is 2. The number of hydrogen-bond donors (Lipinski definition) is 3. The van der Waals surface area contributed by atoms with Crippen LogP contribution < -0.4 is 5.73 Å². The van der Waals surface area contributed by atoms with Gasteiger partial charge in [0, 0.05) is 11.9 Å². The molecule has 0 fully saturated rings. The lowest BCUT2D eigenvalue weighted by molar-refractivity contribution is 0.0879. The molecule has 1 aromatic heterocycles. The minimum Gasteiger partial charge on any atom is -0.465 e. The third kappa shape index (κ3) is 3.36. The lowest BCUT2D eigenvalue weighted by Crippen LogP contribution is -2.45. The fraction of sp³-hybridized carbons (Fsp3) is 0.364. The van der Waals surface area contributed by atoms with E-state index in [0.29, 0.717) is 10.4 Å². The van der Waals surface area contributed by atoms with Gasteiger partial charge < -0.3 is 20.6 Å². The Morgan fingerprint density at radius 1 is 1.65 bits per heavy atom. The van der Waals surface area contributed by atoms with E-state index < -0.39 is 18.2 Å². The molecule has 4 N–H and O–H groups in total. The highest BCUT2D eigenvalue weighted by molar-refractivity contribution is 7.73. The first-order chi connectivity index (χ1) is 9.47. The molecule has 108 valence electrons. The number of nitrogens with one attached hydrogen (secondary N) is 1. The van der Waals surface area contributed by atoms with Gasteiger partial charge in [0.1, 0.15) is 6.61 Å². The molecule has 2 amide bonds. The number of aromatic amines is 1. The van der Waals surface area contributed by atoms with Gasteiger partial charge in [-0.15, -0.1) is 11.3 Å². The normalized spacial score (nSPS) is 18.5. The minimum absolute atomic E-state index is 0.0656. The zero-order chi connectivity index (χ0) is 14.7. The number of nitrogens with zero attached hydrogens (tertiary/aromatic N) is 1. The maximum Gasteiger partial charge on any atom is 0.407 e. The van der Waals surface area contributed by atoms with E-state index in [-0.39, 0.29) is 13.2 Å². The van der Waals surface area contributed by atoms with Gasteiger partial charge in [-0.3, -0.25) is 4.90 Å². The number of hydrogen-bond acceptors (Lipinski definition) is 5. The number of H-pyrrole nitrogens is 1. The van der Waals surface area contributed by atoms with Crippen molar-refractivity contribution >= 4 is 41.3 Å². The maximum absolute atomic E-state index is 11.2. The molecule has 7 nitrogen and oxygen atoms in total. The first-order valence-electron chi connectivity index (χ1n) is 5.76. The highest BCUT2D eigenvalue weighted by Gasteiger charge is 2.29. The molecule has 0 aliphatic carbocycles. The molecule has 20 heavy (non-hydrogen) atoms. The number of carbonyl (C=O) groups is 2. The SMILES string of the molecule is NC(=O)OC[C@@H]1CC(c2csc(=S)[nH]2)=CCN1C(=O)O. The van der Waals surface area contributed by atoms with Crippen LogP contribution in [0.1, 0.15) is 12.1 Å². The van der Waals surface area contributed by atoms with Crippen LogP contribution in [-0.2, 0) is 4.74 Å². The second kappa shape index (κ2) is 6.06. The molecule has 1 aliphatic heterocycles. The first-order valence-corrected chi connectivity index (χ1v) is 7.05. The van der Waals surface area contributed by atoms with Gasteiger partial charge in [0.05, 0.1) is 11.7 Å². The Morgan fingerprint density at radius 2 is 2.40 bits per heavy atom. The van der Waals surface area contributed by atoms with Gasteiger partial charge in [0.25, 0.3) is 0 Å². The quantitative estimate of drug-likeness (QED) is 0.740. The smallest absolute Gasteiger partial charge is 0.407 e. The summed E-state index contributed by atoms with van der Waals surface area (Å²) in [7, 11) is 0. The average molecular weight is 315 g/mol. The molecule has 1 aliphatic rings. The molecule has 0 unspecified atom stereocenters. The zero-order valence-corrected chi connectivity index (χ0v) is 12.0. The van der Waals surface area contributed by atoms with Crippen LogP contribution in [0.25, 0.3) is 5.57 Å². The molecule has 2 rings (SSSR count). The number of rotatable bonds is 3. The maximum atomic E-state index is 11.2. The summed E-state index contributed by atoms with van der Waals surface area (Å²) in [5.74, 6) is 0. The van der Waals surface area contributed by atoms with E-state index in [9.17, 15) is 9.59 Å². The summed E-state index contributed by atoms with van der Waals surface area (Å²) in [4.78, 5) is 26.1. The number of carboxylic acid groups (broad SMARTS) is 1. The molecular formula is C11H13N3O4S2. The van der Waals surface area contributed by atoms with Gasteiger partial charge in [-0.2, -0.15) is 0 Å². The Labute approximate surface area is 123 Å². The summed E-state index contributed by atoms with van der Waals surface area (Å²) in [5.41, 5.74) is 6.74. The second-order valence-corrected chi connectivity index (χ2v) is 5.76. The summed E-state index contributed by atoms with van der Waals surface area (Å²) >= 11 is 6.43. The Kier molecular flexibility index (Phi) is 4.40. The third-order valence-corrected chi connectivity index (χ3v) is 4.02. The van der Waals surface area contributed by atoms with Gasteiger partial charge in [-0.05, 0) is 24.2 Å². The molecule has 1 aromatic rings. The van der Waals surface area contributed by atoms with Crippen LogP contribution in [0, 0.1) is 3.95 Å². The predicted molar refractivity (Wildman–Crippen MR) is 76.2 cm³/mol. The van der Waals surface area contributed by atoms with E-state index >= 15 is 0 Å². The van der Waals surface area contributed by atoms with Crippen molar-refractivity contribution in [2.45, 2.75) is 12.5 Å². The van der Waals surface area contributed by atoms with Crippen molar-refractivity contribution in [3.63, 3.8) is 0 Å². The largest absolute Gasteiger partial charge is 0.465 e. The molecule has 1 atom stereocenters. The van der Waals surface area contributed by atoms with Crippen LogP contribution in [0.2, 0.25) is 0 Å². The highest BCUT2D eigenvalue weighted by atomic mass is 32.1. The van der Waals surface area contributed by atoms with Crippen molar-refractivity contribution < 1.29 is 19.4 Å².